The van der Waals surface area contributed by atoms with Crippen LogP contribution in [0.5, 0.6) is 0 Å². The molecule has 0 heterocycles. The average Bonchev–Trinajstić information content (AvgIpc) is 2.42. The van der Waals surface area contributed by atoms with Crippen LogP contribution >= 0.6 is 39.1 Å². The molecule has 0 saturated carbocycles. The van der Waals surface area contributed by atoms with E-state index in [9.17, 15) is 9.18 Å². The van der Waals surface area contributed by atoms with Gasteiger partial charge in [0.05, 0.1) is 25.8 Å². The summed E-state index contributed by atoms with van der Waals surface area (Å²) in [6.07, 6.45) is 0. The molecule has 0 spiro atoms. The van der Waals surface area contributed by atoms with Gasteiger partial charge in [0.2, 0.25) is 0 Å². The Bertz CT molecular complexity index is 691. The number of halogens is 4. The molecule has 6 heteroatoms. The van der Waals surface area contributed by atoms with Gasteiger partial charge < -0.3 is 5.32 Å². The fourth-order valence-corrected chi connectivity index (χ4v) is 2.54. The molecule has 1 amide bonds. The second-order valence-corrected chi connectivity index (χ2v) is 5.69. The van der Waals surface area contributed by atoms with E-state index in [4.69, 9.17) is 23.2 Å². The van der Waals surface area contributed by atoms with Crippen LogP contribution in [0.4, 0.5) is 10.1 Å². The van der Waals surface area contributed by atoms with Crippen molar-refractivity contribution in [1.29, 1.82) is 0 Å². The molecule has 0 aliphatic rings. The molecular weight excluding hydrogens is 368 g/mol. The molecular formula is C14H9BrCl2FNO. The summed E-state index contributed by atoms with van der Waals surface area (Å²) in [5.74, 6) is -1.01. The number of carbonyl (C=O) groups excluding carboxylic acids is 1. The molecule has 2 rings (SSSR count). The van der Waals surface area contributed by atoms with Crippen molar-refractivity contribution in [3.63, 3.8) is 0 Å². The zero-order chi connectivity index (χ0) is 14.9. The topological polar surface area (TPSA) is 29.1 Å². The Morgan fingerprint density at radius 1 is 1.25 bits per heavy atom. The molecule has 0 aliphatic heterocycles. The lowest BCUT2D eigenvalue weighted by Gasteiger charge is -2.12. The van der Waals surface area contributed by atoms with Crippen LogP contribution in [0.25, 0.3) is 0 Å². The van der Waals surface area contributed by atoms with E-state index in [1.54, 1.807) is 19.1 Å². The lowest BCUT2D eigenvalue weighted by Crippen LogP contribution is -2.14. The van der Waals surface area contributed by atoms with Gasteiger partial charge in [-0.2, -0.15) is 0 Å². The Labute approximate surface area is 134 Å². The first kappa shape index (κ1) is 15.3. The molecule has 0 bridgehead atoms. The number of hydrogen-bond acceptors (Lipinski definition) is 1. The van der Waals surface area contributed by atoms with Crippen LogP contribution in [-0.2, 0) is 0 Å². The smallest absolute Gasteiger partial charge is 0.256 e. The lowest BCUT2D eigenvalue weighted by molar-refractivity contribution is 0.102. The Morgan fingerprint density at radius 3 is 2.65 bits per heavy atom. The van der Waals surface area contributed by atoms with Crippen molar-refractivity contribution in [1.82, 2.24) is 0 Å². The molecule has 0 radical (unpaired) electrons. The molecule has 0 saturated heterocycles. The number of anilines is 1. The Hall–Kier alpha value is -1.10. The molecule has 1 N–H and O–H groups in total. The highest BCUT2D eigenvalue weighted by molar-refractivity contribution is 9.10. The summed E-state index contributed by atoms with van der Waals surface area (Å²) < 4.78 is 13.5. The van der Waals surface area contributed by atoms with Crippen molar-refractivity contribution >= 4 is 50.7 Å². The van der Waals surface area contributed by atoms with Gasteiger partial charge in [0.15, 0.2) is 0 Å². The van der Waals surface area contributed by atoms with Gasteiger partial charge in [-0.15, -0.1) is 0 Å². The lowest BCUT2D eigenvalue weighted by atomic mass is 10.2. The van der Waals surface area contributed by atoms with E-state index >= 15 is 0 Å². The highest BCUT2D eigenvalue weighted by atomic mass is 79.9. The Balaban J connectivity index is 2.38. The SMILES string of the molecule is Cc1ccc(Cl)c(NC(=O)c2cccc(F)c2Br)c1Cl. The van der Waals surface area contributed by atoms with Crippen LogP contribution < -0.4 is 5.32 Å². The summed E-state index contributed by atoms with van der Waals surface area (Å²) in [6, 6.07) is 7.60. The van der Waals surface area contributed by atoms with Crippen molar-refractivity contribution in [3.8, 4) is 0 Å². The molecule has 0 fully saturated rings. The zero-order valence-corrected chi connectivity index (χ0v) is 13.4. The van der Waals surface area contributed by atoms with E-state index in [1.165, 1.54) is 18.2 Å². The fraction of sp³-hybridized carbons (Fsp3) is 0.0714. The predicted molar refractivity (Wildman–Crippen MR) is 83.3 cm³/mol. The number of amides is 1. The summed E-state index contributed by atoms with van der Waals surface area (Å²) in [5, 5.41) is 3.28. The van der Waals surface area contributed by atoms with Gasteiger partial charge in [0, 0.05) is 0 Å². The van der Waals surface area contributed by atoms with Gasteiger partial charge in [-0.05, 0) is 46.6 Å². The molecule has 0 aromatic heterocycles. The Kier molecular flexibility index (Phi) is 4.68. The number of nitrogens with one attached hydrogen (secondary N) is 1. The van der Waals surface area contributed by atoms with Gasteiger partial charge in [0.1, 0.15) is 5.82 Å². The summed E-state index contributed by atoms with van der Waals surface area (Å²) >= 11 is 15.2. The van der Waals surface area contributed by atoms with Crippen molar-refractivity contribution in [2.75, 3.05) is 5.32 Å². The molecule has 0 aliphatic carbocycles. The zero-order valence-electron chi connectivity index (χ0n) is 10.3. The number of carbonyl (C=O) groups is 1. The standard InChI is InChI=1S/C14H9BrCl2FNO/c1-7-5-6-9(16)13(12(7)17)19-14(20)8-3-2-4-10(18)11(8)15/h2-6H,1H3,(H,19,20). The van der Waals surface area contributed by atoms with Crippen molar-refractivity contribution < 1.29 is 9.18 Å². The third kappa shape index (κ3) is 2.97. The summed E-state index contributed by atoms with van der Waals surface area (Å²) in [7, 11) is 0. The summed E-state index contributed by atoms with van der Waals surface area (Å²) in [4.78, 5) is 12.2. The minimum absolute atomic E-state index is 0.0948. The molecule has 104 valence electrons. The van der Waals surface area contributed by atoms with E-state index < -0.39 is 11.7 Å². The van der Waals surface area contributed by atoms with E-state index in [-0.39, 0.29) is 10.0 Å². The third-order valence-electron chi connectivity index (χ3n) is 2.72. The van der Waals surface area contributed by atoms with Gasteiger partial charge in [-0.25, -0.2) is 4.39 Å². The minimum Gasteiger partial charge on any atom is -0.319 e. The van der Waals surface area contributed by atoms with E-state index in [0.29, 0.717) is 15.7 Å². The highest BCUT2D eigenvalue weighted by Crippen LogP contribution is 2.33. The van der Waals surface area contributed by atoms with Crippen molar-refractivity contribution in [2.45, 2.75) is 6.92 Å². The summed E-state index contributed by atoms with van der Waals surface area (Å²) in [6.45, 7) is 1.80. The van der Waals surface area contributed by atoms with Crippen LogP contribution in [0.1, 0.15) is 15.9 Å². The quantitative estimate of drug-likeness (QED) is 0.741. The van der Waals surface area contributed by atoms with Gasteiger partial charge in [-0.1, -0.05) is 35.3 Å². The number of benzene rings is 2. The largest absolute Gasteiger partial charge is 0.319 e. The van der Waals surface area contributed by atoms with Crippen molar-refractivity contribution in [2.24, 2.45) is 0 Å². The normalized spacial score (nSPS) is 10.4. The van der Waals surface area contributed by atoms with Gasteiger partial charge in [-0.3, -0.25) is 4.79 Å². The van der Waals surface area contributed by atoms with E-state index in [1.807, 2.05) is 0 Å². The second-order valence-electron chi connectivity index (χ2n) is 4.11. The molecule has 2 aromatic rings. The summed E-state index contributed by atoms with van der Waals surface area (Å²) in [5.41, 5.74) is 1.26. The number of hydrogen-bond donors (Lipinski definition) is 1. The second kappa shape index (κ2) is 6.12. The Morgan fingerprint density at radius 2 is 1.95 bits per heavy atom. The molecule has 0 unspecified atom stereocenters. The van der Waals surface area contributed by atoms with Crippen LogP contribution in [0.3, 0.4) is 0 Å². The maximum atomic E-state index is 13.4. The van der Waals surface area contributed by atoms with Crippen LogP contribution in [0.2, 0.25) is 10.0 Å². The van der Waals surface area contributed by atoms with E-state index in [2.05, 4.69) is 21.2 Å². The van der Waals surface area contributed by atoms with Gasteiger partial charge in [0.25, 0.3) is 5.91 Å². The first-order chi connectivity index (χ1) is 9.41. The molecule has 2 nitrogen and oxygen atoms in total. The molecule has 2 aromatic carbocycles. The molecule has 20 heavy (non-hydrogen) atoms. The third-order valence-corrected chi connectivity index (χ3v) is 4.33. The predicted octanol–water partition coefficient (Wildman–Crippen LogP) is 5.46. The highest BCUT2D eigenvalue weighted by Gasteiger charge is 2.16. The van der Waals surface area contributed by atoms with Crippen LogP contribution in [0, 0.1) is 12.7 Å². The minimum atomic E-state index is -0.515. The number of aryl methyl sites for hydroxylation is 1. The molecule has 0 atom stereocenters. The maximum Gasteiger partial charge on any atom is 0.256 e. The first-order valence-electron chi connectivity index (χ1n) is 5.61. The van der Waals surface area contributed by atoms with Crippen LogP contribution in [0.15, 0.2) is 34.8 Å². The monoisotopic (exact) mass is 375 g/mol. The maximum absolute atomic E-state index is 13.4. The van der Waals surface area contributed by atoms with Gasteiger partial charge >= 0.3 is 0 Å². The first-order valence-corrected chi connectivity index (χ1v) is 7.16. The average molecular weight is 377 g/mol. The van der Waals surface area contributed by atoms with Crippen LogP contribution in [-0.4, -0.2) is 5.91 Å². The number of rotatable bonds is 2. The fourth-order valence-electron chi connectivity index (χ4n) is 1.63. The van der Waals surface area contributed by atoms with Crippen molar-refractivity contribution in [3.05, 3.63) is 61.8 Å². The van der Waals surface area contributed by atoms with E-state index in [0.717, 1.165) is 5.56 Å².